The highest BCUT2D eigenvalue weighted by atomic mass is 16.2. The van der Waals surface area contributed by atoms with Gasteiger partial charge in [-0.25, -0.2) is 0 Å². The Hall–Kier alpha value is -2.62. The number of amides is 2. The standard InChI is InChI=1S/C22H24N2O2/c23-22(26)20-13-18-7-3-4-8-19(18)14-24(20)21(25)12-15-9-10-16-5-1-2-6-17(16)11-15/h3-4,7-11,20H,1-2,5-6,12-14H2,(H2,23,26)/t20-/m1/s1. The number of benzene rings is 2. The first-order valence-corrected chi connectivity index (χ1v) is 9.38. The van der Waals surface area contributed by atoms with E-state index in [1.807, 2.05) is 24.3 Å². The number of nitrogens with two attached hydrogens (primary N) is 1. The normalized spacial score (nSPS) is 18.8. The van der Waals surface area contributed by atoms with Gasteiger partial charge < -0.3 is 10.6 Å². The van der Waals surface area contributed by atoms with E-state index < -0.39 is 11.9 Å². The van der Waals surface area contributed by atoms with Crippen LogP contribution in [0.2, 0.25) is 0 Å². The summed E-state index contributed by atoms with van der Waals surface area (Å²) in [4.78, 5) is 26.6. The van der Waals surface area contributed by atoms with Gasteiger partial charge in [0.25, 0.3) is 0 Å². The molecule has 1 heterocycles. The van der Waals surface area contributed by atoms with Crippen molar-refractivity contribution >= 4 is 11.8 Å². The molecule has 0 spiro atoms. The molecule has 1 atom stereocenters. The minimum Gasteiger partial charge on any atom is -0.368 e. The lowest BCUT2D eigenvalue weighted by Gasteiger charge is -2.35. The Morgan fingerprint density at radius 1 is 0.962 bits per heavy atom. The molecule has 26 heavy (non-hydrogen) atoms. The first-order valence-electron chi connectivity index (χ1n) is 9.38. The summed E-state index contributed by atoms with van der Waals surface area (Å²) in [6.45, 7) is 0.452. The van der Waals surface area contributed by atoms with Crippen LogP contribution in [0.4, 0.5) is 0 Å². The largest absolute Gasteiger partial charge is 0.368 e. The number of carbonyl (C=O) groups excluding carboxylic acids is 2. The Bertz CT molecular complexity index is 859. The molecule has 1 aliphatic heterocycles. The molecule has 4 rings (SSSR count). The zero-order valence-corrected chi connectivity index (χ0v) is 14.9. The average molecular weight is 348 g/mol. The smallest absolute Gasteiger partial charge is 0.240 e. The van der Waals surface area contributed by atoms with E-state index in [0.29, 0.717) is 19.4 Å². The third-order valence-corrected chi connectivity index (χ3v) is 5.67. The number of nitrogens with zero attached hydrogens (tertiary/aromatic N) is 1. The lowest BCUT2D eigenvalue weighted by atomic mass is 9.89. The number of rotatable bonds is 3. The summed E-state index contributed by atoms with van der Waals surface area (Å²) in [7, 11) is 0. The predicted molar refractivity (Wildman–Crippen MR) is 100 cm³/mol. The molecule has 4 nitrogen and oxygen atoms in total. The molecule has 0 fully saturated rings. The van der Waals surface area contributed by atoms with Gasteiger partial charge in [0.15, 0.2) is 0 Å². The van der Waals surface area contributed by atoms with Gasteiger partial charge in [0, 0.05) is 13.0 Å². The van der Waals surface area contributed by atoms with Crippen molar-refractivity contribution in [1.29, 1.82) is 0 Å². The van der Waals surface area contributed by atoms with Crippen LogP contribution in [0.1, 0.15) is 40.7 Å². The number of primary amides is 1. The van der Waals surface area contributed by atoms with Crippen LogP contribution in [-0.2, 0) is 41.8 Å². The maximum Gasteiger partial charge on any atom is 0.240 e. The number of hydrogen-bond acceptors (Lipinski definition) is 2. The van der Waals surface area contributed by atoms with Gasteiger partial charge >= 0.3 is 0 Å². The van der Waals surface area contributed by atoms with Gasteiger partial charge in [-0.1, -0.05) is 42.5 Å². The summed E-state index contributed by atoms with van der Waals surface area (Å²) < 4.78 is 0. The van der Waals surface area contributed by atoms with Gasteiger partial charge in [-0.3, -0.25) is 9.59 Å². The zero-order chi connectivity index (χ0) is 18.1. The highest BCUT2D eigenvalue weighted by Crippen LogP contribution is 2.26. The first-order chi connectivity index (χ1) is 12.6. The van der Waals surface area contributed by atoms with Gasteiger partial charge in [-0.15, -0.1) is 0 Å². The SMILES string of the molecule is NC(=O)[C@H]1Cc2ccccc2CN1C(=O)Cc1ccc2c(c1)CCCC2. The van der Waals surface area contributed by atoms with Crippen LogP contribution in [0, 0.1) is 0 Å². The van der Waals surface area contributed by atoms with E-state index in [4.69, 9.17) is 5.73 Å². The summed E-state index contributed by atoms with van der Waals surface area (Å²) in [6, 6.07) is 13.8. The Labute approximate surface area is 154 Å². The van der Waals surface area contributed by atoms with E-state index in [9.17, 15) is 9.59 Å². The lowest BCUT2D eigenvalue weighted by molar-refractivity contribution is -0.140. The van der Waals surface area contributed by atoms with Crippen molar-refractivity contribution in [2.45, 2.75) is 51.1 Å². The molecule has 1 aliphatic carbocycles. The van der Waals surface area contributed by atoms with Gasteiger partial charge in [0.05, 0.1) is 6.42 Å². The summed E-state index contributed by atoms with van der Waals surface area (Å²) >= 11 is 0. The van der Waals surface area contributed by atoms with E-state index in [1.54, 1.807) is 4.90 Å². The number of hydrogen-bond donors (Lipinski definition) is 1. The van der Waals surface area contributed by atoms with Crippen molar-refractivity contribution in [3.05, 3.63) is 70.3 Å². The molecule has 4 heteroatoms. The van der Waals surface area contributed by atoms with E-state index in [1.165, 1.54) is 24.0 Å². The Balaban J connectivity index is 1.55. The van der Waals surface area contributed by atoms with Crippen LogP contribution in [0.25, 0.3) is 0 Å². The molecule has 2 aromatic carbocycles. The second-order valence-electron chi connectivity index (χ2n) is 7.40. The van der Waals surface area contributed by atoms with Crippen molar-refractivity contribution in [1.82, 2.24) is 4.90 Å². The van der Waals surface area contributed by atoms with Crippen molar-refractivity contribution in [2.75, 3.05) is 0 Å². The summed E-state index contributed by atoms with van der Waals surface area (Å²) in [6.07, 6.45) is 5.52. The molecule has 0 aromatic heterocycles. The Kier molecular flexibility index (Phi) is 4.49. The van der Waals surface area contributed by atoms with Gasteiger partial charge in [0.2, 0.25) is 11.8 Å². The average Bonchev–Trinajstić information content (AvgIpc) is 2.66. The second-order valence-corrected chi connectivity index (χ2v) is 7.40. The monoisotopic (exact) mass is 348 g/mol. The molecule has 134 valence electrons. The summed E-state index contributed by atoms with van der Waals surface area (Å²) in [5, 5.41) is 0. The van der Waals surface area contributed by atoms with Crippen molar-refractivity contribution in [2.24, 2.45) is 5.73 Å². The third kappa shape index (κ3) is 3.24. The molecule has 2 amide bonds. The van der Waals surface area contributed by atoms with Crippen LogP contribution < -0.4 is 5.73 Å². The number of carbonyl (C=O) groups is 2. The van der Waals surface area contributed by atoms with Crippen molar-refractivity contribution in [3.63, 3.8) is 0 Å². The summed E-state index contributed by atoms with van der Waals surface area (Å²) in [5.74, 6) is -0.461. The third-order valence-electron chi connectivity index (χ3n) is 5.67. The fourth-order valence-corrected chi connectivity index (χ4v) is 4.21. The van der Waals surface area contributed by atoms with Crippen LogP contribution in [0.15, 0.2) is 42.5 Å². The molecule has 2 aromatic rings. The minimum absolute atomic E-state index is 0.0286. The molecular weight excluding hydrogens is 324 g/mol. The van der Waals surface area contributed by atoms with E-state index in [-0.39, 0.29) is 5.91 Å². The van der Waals surface area contributed by atoms with Gasteiger partial charge in [-0.2, -0.15) is 0 Å². The molecule has 0 saturated carbocycles. The highest BCUT2D eigenvalue weighted by Gasteiger charge is 2.33. The molecule has 0 bridgehead atoms. The molecule has 0 unspecified atom stereocenters. The van der Waals surface area contributed by atoms with Crippen LogP contribution in [-0.4, -0.2) is 22.8 Å². The van der Waals surface area contributed by atoms with E-state index in [2.05, 4.69) is 18.2 Å². The zero-order valence-electron chi connectivity index (χ0n) is 14.9. The summed E-state index contributed by atoms with van der Waals surface area (Å²) in [5.41, 5.74) is 11.6. The van der Waals surface area contributed by atoms with Crippen LogP contribution >= 0.6 is 0 Å². The van der Waals surface area contributed by atoms with Crippen molar-refractivity contribution in [3.8, 4) is 0 Å². The lowest BCUT2D eigenvalue weighted by Crippen LogP contribution is -2.51. The second kappa shape index (κ2) is 6.94. The molecule has 2 aliphatic rings. The van der Waals surface area contributed by atoms with Gasteiger partial charge in [0.1, 0.15) is 6.04 Å². The maximum absolute atomic E-state index is 13.0. The molecule has 2 N–H and O–H groups in total. The van der Waals surface area contributed by atoms with E-state index in [0.717, 1.165) is 29.5 Å². The van der Waals surface area contributed by atoms with Crippen LogP contribution in [0.5, 0.6) is 0 Å². The number of aryl methyl sites for hydroxylation is 2. The molecule has 0 saturated heterocycles. The predicted octanol–water partition coefficient (Wildman–Crippen LogP) is 2.55. The highest BCUT2D eigenvalue weighted by molar-refractivity contribution is 5.88. The topological polar surface area (TPSA) is 63.4 Å². The fraction of sp³-hybridized carbons (Fsp3) is 0.364. The molecule has 0 radical (unpaired) electrons. The Morgan fingerprint density at radius 3 is 2.46 bits per heavy atom. The fourth-order valence-electron chi connectivity index (χ4n) is 4.21. The maximum atomic E-state index is 13.0. The van der Waals surface area contributed by atoms with Gasteiger partial charge in [-0.05, 0) is 53.5 Å². The molecular formula is C22H24N2O2. The number of fused-ring (bicyclic) bond motifs is 2. The first kappa shape index (κ1) is 16.8. The van der Waals surface area contributed by atoms with Crippen molar-refractivity contribution < 1.29 is 9.59 Å². The quantitative estimate of drug-likeness (QED) is 0.926. The van der Waals surface area contributed by atoms with E-state index >= 15 is 0 Å². The Morgan fingerprint density at radius 2 is 1.69 bits per heavy atom. The van der Waals surface area contributed by atoms with Crippen LogP contribution in [0.3, 0.4) is 0 Å². The minimum atomic E-state index is -0.560.